The largest absolute Gasteiger partial charge is 0.505 e. The summed E-state index contributed by atoms with van der Waals surface area (Å²) in [5.74, 6) is -0.724. The summed E-state index contributed by atoms with van der Waals surface area (Å²) in [4.78, 5) is 0. The molecule has 2 rings (SSSR count). The minimum absolute atomic E-state index is 0.0505. The number of hydrogen-bond donors (Lipinski definition) is 2. The Balaban J connectivity index is 2.15. The van der Waals surface area contributed by atoms with Crippen molar-refractivity contribution in [2.45, 2.75) is 44.6 Å². The Morgan fingerprint density at radius 2 is 2.12 bits per heavy atom. The Labute approximate surface area is 95.3 Å². The zero-order valence-corrected chi connectivity index (χ0v) is 9.59. The summed E-state index contributed by atoms with van der Waals surface area (Å²) in [5.41, 5.74) is 7.54. The molecular weight excluding hydrogens is 205 g/mol. The molecule has 0 radical (unpaired) electrons. The minimum Gasteiger partial charge on any atom is -0.505 e. The van der Waals surface area contributed by atoms with Crippen molar-refractivity contribution >= 4 is 0 Å². The van der Waals surface area contributed by atoms with Crippen molar-refractivity contribution in [1.82, 2.24) is 0 Å². The zero-order chi connectivity index (χ0) is 11.8. The molecule has 1 aliphatic rings. The second kappa shape index (κ2) is 4.06. The first-order valence-electron chi connectivity index (χ1n) is 5.83. The summed E-state index contributed by atoms with van der Waals surface area (Å²) in [6.45, 7) is 1.97. The molecule has 0 unspecified atom stereocenters. The van der Waals surface area contributed by atoms with Crippen molar-refractivity contribution in [3.05, 3.63) is 29.1 Å². The van der Waals surface area contributed by atoms with Gasteiger partial charge in [0.1, 0.15) is 0 Å². The molecule has 88 valence electrons. The molecule has 3 N–H and O–H groups in total. The molecule has 0 atom stereocenters. The predicted molar refractivity (Wildman–Crippen MR) is 61.9 cm³/mol. The number of benzene rings is 1. The number of aryl methyl sites for hydroxylation is 2. The van der Waals surface area contributed by atoms with Crippen LogP contribution in [-0.4, -0.2) is 10.6 Å². The topological polar surface area (TPSA) is 46.2 Å². The van der Waals surface area contributed by atoms with Gasteiger partial charge in [-0.25, -0.2) is 4.39 Å². The van der Waals surface area contributed by atoms with Gasteiger partial charge in [0, 0.05) is 5.54 Å². The van der Waals surface area contributed by atoms with E-state index in [2.05, 4.69) is 0 Å². The van der Waals surface area contributed by atoms with Crippen molar-refractivity contribution < 1.29 is 9.50 Å². The zero-order valence-electron chi connectivity index (χ0n) is 9.59. The van der Waals surface area contributed by atoms with E-state index in [4.69, 9.17) is 5.73 Å². The van der Waals surface area contributed by atoms with Crippen LogP contribution in [0.4, 0.5) is 4.39 Å². The summed E-state index contributed by atoms with van der Waals surface area (Å²) in [5, 5.41) is 9.62. The third-order valence-electron chi connectivity index (χ3n) is 3.39. The van der Waals surface area contributed by atoms with Crippen LogP contribution in [0.25, 0.3) is 0 Å². The van der Waals surface area contributed by atoms with Gasteiger partial charge in [-0.1, -0.05) is 13.0 Å². The Hall–Kier alpha value is -1.09. The normalized spacial score (nSPS) is 17.4. The fourth-order valence-electron chi connectivity index (χ4n) is 1.91. The van der Waals surface area contributed by atoms with E-state index in [-0.39, 0.29) is 11.3 Å². The van der Waals surface area contributed by atoms with Gasteiger partial charge in [0.25, 0.3) is 0 Å². The smallest absolute Gasteiger partial charge is 0.165 e. The molecule has 0 amide bonds. The fourth-order valence-corrected chi connectivity index (χ4v) is 1.91. The summed E-state index contributed by atoms with van der Waals surface area (Å²) in [6, 6.07) is 3.28. The number of hydrogen-bond acceptors (Lipinski definition) is 2. The second-order valence-corrected chi connectivity index (χ2v) is 4.80. The molecule has 1 fully saturated rings. The van der Waals surface area contributed by atoms with Crippen LogP contribution in [-0.2, 0) is 12.8 Å². The van der Waals surface area contributed by atoms with E-state index in [1.165, 1.54) is 6.07 Å². The number of rotatable bonds is 4. The van der Waals surface area contributed by atoms with Crippen LogP contribution in [0.3, 0.4) is 0 Å². The molecule has 0 heterocycles. The van der Waals surface area contributed by atoms with Crippen molar-refractivity contribution in [2.24, 2.45) is 5.73 Å². The van der Waals surface area contributed by atoms with Gasteiger partial charge in [-0.2, -0.15) is 0 Å². The highest BCUT2D eigenvalue weighted by Crippen LogP contribution is 2.37. The minimum atomic E-state index is -0.517. The molecule has 0 aromatic heterocycles. The van der Waals surface area contributed by atoms with Crippen LogP contribution in [0.15, 0.2) is 12.1 Å². The molecule has 2 nitrogen and oxygen atoms in total. The number of aromatic hydroxyl groups is 1. The van der Waals surface area contributed by atoms with Crippen LogP contribution in [0.5, 0.6) is 5.75 Å². The summed E-state index contributed by atoms with van der Waals surface area (Å²) < 4.78 is 13.4. The van der Waals surface area contributed by atoms with Crippen LogP contribution in [0.2, 0.25) is 0 Å². The highest BCUT2D eigenvalue weighted by Gasteiger charge is 2.37. The van der Waals surface area contributed by atoms with Crippen molar-refractivity contribution in [3.8, 4) is 5.75 Å². The van der Waals surface area contributed by atoms with Gasteiger partial charge < -0.3 is 10.8 Å². The van der Waals surface area contributed by atoms with Gasteiger partial charge in [-0.05, 0) is 49.3 Å². The number of halogens is 1. The maximum atomic E-state index is 13.4. The van der Waals surface area contributed by atoms with Gasteiger partial charge in [0.2, 0.25) is 0 Å². The quantitative estimate of drug-likeness (QED) is 0.824. The van der Waals surface area contributed by atoms with Crippen molar-refractivity contribution in [3.63, 3.8) is 0 Å². The molecule has 0 bridgehead atoms. The lowest BCUT2D eigenvalue weighted by atomic mass is 10.00. The maximum absolute atomic E-state index is 13.4. The van der Waals surface area contributed by atoms with E-state index < -0.39 is 5.82 Å². The van der Waals surface area contributed by atoms with E-state index in [1.807, 2.05) is 13.0 Å². The average Bonchev–Trinajstić information content (AvgIpc) is 2.99. The molecule has 3 heteroatoms. The van der Waals surface area contributed by atoms with Crippen LogP contribution < -0.4 is 5.73 Å². The summed E-state index contributed by atoms with van der Waals surface area (Å²) in [6.07, 6.45) is 4.35. The standard InChI is InChI=1S/C13H18FNO/c1-2-9-7-10(12(16)11(14)8-9)3-4-13(15)5-6-13/h7-8,16H,2-6,15H2,1H3. The van der Waals surface area contributed by atoms with E-state index in [1.54, 1.807) is 0 Å². The highest BCUT2D eigenvalue weighted by molar-refractivity contribution is 5.38. The van der Waals surface area contributed by atoms with Gasteiger partial charge in [-0.15, -0.1) is 0 Å². The number of phenols is 1. The SMILES string of the molecule is CCc1cc(F)c(O)c(CCC2(N)CC2)c1. The predicted octanol–water partition coefficient (Wildman–Crippen LogP) is 2.52. The van der Waals surface area contributed by atoms with E-state index >= 15 is 0 Å². The number of phenolic OH excluding ortho intramolecular Hbond substituents is 1. The molecule has 0 aliphatic heterocycles. The molecule has 0 saturated heterocycles. The summed E-state index contributed by atoms with van der Waals surface area (Å²) >= 11 is 0. The lowest BCUT2D eigenvalue weighted by Gasteiger charge is -2.11. The number of nitrogens with two attached hydrogens (primary N) is 1. The first kappa shape index (κ1) is 11.4. The Bertz CT molecular complexity index is 399. The monoisotopic (exact) mass is 223 g/mol. The maximum Gasteiger partial charge on any atom is 0.165 e. The van der Waals surface area contributed by atoms with Crippen molar-refractivity contribution in [1.29, 1.82) is 0 Å². The second-order valence-electron chi connectivity index (χ2n) is 4.80. The van der Waals surface area contributed by atoms with Gasteiger partial charge >= 0.3 is 0 Å². The molecule has 1 aliphatic carbocycles. The molecule has 1 saturated carbocycles. The Kier molecular flexibility index (Phi) is 2.89. The molecule has 0 spiro atoms. The van der Waals surface area contributed by atoms with Crippen LogP contribution in [0.1, 0.15) is 37.3 Å². The van der Waals surface area contributed by atoms with Gasteiger partial charge in [-0.3, -0.25) is 0 Å². The third-order valence-corrected chi connectivity index (χ3v) is 3.39. The van der Waals surface area contributed by atoms with Crippen LogP contribution >= 0.6 is 0 Å². The third kappa shape index (κ3) is 2.35. The highest BCUT2D eigenvalue weighted by atomic mass is 19.1. The van der Waals surface area contributed by atoms with E-state index in [0.717, 1.165) is 31.2 Å². The van der Waals surface area contributed by atoms with Gasteiger partial charge in [0.15, 0.2) is 11.6 Å². The lowest BCUT2D eigenvalue weighted by molar-refractivity contribution is 0.423. The Morgan fingerprint density at radius 1 is 1.44 bits per heavy atom. The summed E-state index contributed by atoms with van der Waals surface area (Å²) in [7, 11) is 0. The molecule has 1 aromatic rings. The van der Waals surface area contributed by atoms with Crippen LogP contribution in [0, 0.1) is 5.82 Å². The average molecular weight is 223 g/mol. The fraction of sp³-hybridized carbons (Fsp3) is 0.538. The molecule has 16 heavy (non-hydrogen) atoms. The molecule has 1 aromatic carbocycles. The molecular formula is C13H18FNO. The van der Waals surface area contributed by atoms with Gasteiger partial charge in [0.05, 0.1) is 0 Å². The van der Waals surface area contributed by atoms with E-state index in [0.29, 0.717) is 12.0 Å². The first-order chi connectivity index (χ1) is 7.54. The first-order valence-corrected chi connectivity index (χ1v) is 5.83. The van der Waals surface area contributed by atoms with E-state index in [9.17, 15) is 9.50 Å². The van der Waals surface area contributed by atoms with Crippen molar-refractivity contribution in [2.75, 3.05) is 0 Å². The lowest BCUT2D eigenvalue weighted by Crippen LogP contribution is -2.22. The Morgan fingerprint density at radius 3 is 2.69 bits per heavy atom.